The number of hydrogen-bond acceptors (Lipinski definition) is 5. The molecule has 142 valence electrons. The van der Waals surface area contributed by atoms with Gasteiger partial charge < -0.3 is 4.57 Å². The number of imidazole rings is 1. The fraction of sp³-hybridized carbons (Fsp3) is 0.588. The first-order valence-electron chi connectivity index (χ1n) is 8.76. The van der Waals surface area contributed by atoms with Crippen molar-refractivity contribution in [2.24, 2.45) is 13.0 Å². The second-order valence-corrected chi connectivity index (χ2v) is 9.15. The van der Waals surface area contributed by atoms with Gasteiger partial charge >= 0.3 is 0 Å². The molecule has 9 heteroatoms. The maximum absolute atomic E-state index is 12.4. The first-order valence-corrected chi connectivity index (χ1v) is 10.2. The third-order valence-corrected chi connectivity index (χ3v) is 6.84. The number of aryl methyl sites for hydroxylation is 1. The summed E-state index contributed by atoms with van der Waals surface area (Å²) in [5, 5.41) is 0. The average molecular weight is 379 g/mol. The quantitative estimate of drug-likeness (QED) is 0.782. The van der Waals surface area contributed by atoms with E-state index in [1.54, 1.807) is 37.0 Å². The molecular formula is C17H26N6O2S. The maximum Gasteiger partial charge on any atom is 0.281 e. The van der Waals surface area contributed by atoms with Crippen molar-refractivity contribution < 1.29 is 8.42 Å². The summed E-state index contributed by atoms with van der Waals surface area (Å²) in [7, 11) is 1.74. The van der Waals surface area contributed by atoms with Crippen molar-refractivity contribution >= 4 is 10.2 Å². The molecule has 0 amide bonds. The highest BCUT2D eigenvalue weighted by atomic mass is 32.2. The van der Waals surface area contributed by atoms with Gasteiger partial charge in [-0.25, -0.2) is 9.97 Å². The van der Waals surface area contributed by atoms with Gasteiger partial charge in [0.1, 0.15) is 11.5 Å². The number of piperidine rings is 1. The fourth-order valence-electron chi connectivity index (χ4n) is 3.30. The van der Waals surface area contributed by atoms with Gasteiger partial charge in [0.25, 0.3) is 10.2 Å². The summed E-state index contributed by atoms with van der Waals surface area (Å²) < 4.78 is 29.6. The van der Waals surface area contributed by atoms with Gasteiger partial charge in [-0.3, -0.25) is 4.98 Å². The molecule has 3 heterocycles. The molecule has 0 aliphatic carbocycles. The van der Waals surface area contributed by atoms with Crippen molar-refractivity contribution in [2.45, 2.75) is 26.2 Å². The molecule has 26 heavy (non-hydrogen) atoms. The van der Waals surface area contributed by atoms with Crippen LogP contribution in [0.5, 0.6) is 0 Å². The molecule has 0 bridgehead atoms. The lowest BCUT2D eigenvalue weighted by molar-refractivity contribution is 0.253. The van der Waals surface area contributed by atoms with E-state index in [1.807, 2.05) is 18.5 Å². The Morgan fingerprint density at radius 2 is 2.04 bits per heavy atom. The Bertz CT molecular complexity index is 877. The predicted molar refractivity (Wildman–Crippen MR) is 99.6 cm³/mol. The van der Waals surface area contributed by atoms with E-state index in [4.69, 9.17) is 4.98 Å². The van der Waals surface area contributed by atoms with Crippen LogP contribution in [0, 0.1) is 12.8 Å². The summed E-state index contributed by atoms with van der Waals surface area (Å²) >= 11 is 0. The van der Waals surface area contributed by atoms with Crippen LogP contribution in [0.25, 0.3) is 11.4 Å². The minimum absolute atomic E-state index is 0.247. The highest BCUT2D eigenvalue weighted by Gasteiger charge is 2.30. The Hall–Kier alpha value is -1.84. The molecule has 0 saturated carbocycles. The highest BCUT2D eigenvalue weighted by molar-refractivity contribution is 7.86. The molecule has 8 nitrogen and oxygen atoms in total. The standard InChI is InChI=1S/C17H26N6O2S/c1-13-19-11-17(22(13)4)16-10-18-9-15(20-16)8-14-6-5-7-23(12-14)26(24,25)21(2)3/h9-11,14H,5-8,12H2,1-4H3. The third-order valence-electron chi connectivity index (χ3n) is 4.93. The summed E-state index contributed by atoms with van der Waals surface area (Å²) in [5.41, 5.74) is 2.60. The maximum atomic E-state index is 12.4. The Labute approximate surface area is 155 Å². The summed E-state index contributed by atoms with van der Waals surface area (Å²) in [4.78, 5) is 13.4. The van der Waals surface area contributed by atoms with Crippen molar-refractivity contribution in [2.75, 3.05) is 27.2 Å². The smallest absolute Gasteiger partial charge is 0.281 e. The van der Waals surface area contributed by atoms with E-state index in [1.165, 1.54) is 4.31 Å². The number of nitrogens with zero attached hydrogens (tertiary/aromatic N) is 6. The Morgan fingerprint density at radius 3 is 2.69 bits per heavy atom. The van der Waals surface area contributed by atoms with Crippen molar-refractivity contribution in [3.05, 3.63) is 30.1 Å². The number of hydrogen-bond donors (Lipinski definition) is 0. The fourth-order valence-corrected chi connectivity index (χ4v) is 4.52. The first kappa shape index (κ1) is 18.9. The molecule has 3 rings (SSSR count). The van der Waals surface area contributed by atoms with Gasteiger partial charge in [0.2, 0.25) is 0 Å². The van der Waals surface area contributed by atoms with E-state index in [9.17, 15) is 8.42 Å². The van der Waals surface area contributed by atoms with Gasteiger partial charge in [-0.05, 0) is 32.1 Å². The van der Waals surface area contributed by atoms with Crippen LogP contribution >= 0.6 is 0 Å². The van der Waals surface area contributed by atoms with E-state index >= 15 is 0 Å². The molecule has 1 aliphatic heterocycles. The molecule has 0 radical (unpaired) electrons. The van der Waals surface area contributed by atoms with Gasteiger partial charge in [-0.2, -0.15) is 17.0 Å². The Balaban J connectivity index is 1.75. The van der Waals surface area contributed by atoms with Gasteiger partial charge in [-0.1, -0.05) is 0 Å². The van der Waals surface area contributed by atoms with Gasteiger partial charge in [0.05, 0.1) is 23.8 Å². The SMILES string of the molecule is Cc1ncc(-c2cncc(CC3CCCN(S(=O)(=O)N(C)C)C3)n2)n1C. The second-order valence-electron chi connectivity index (χ2n) is 7.01. The Morgan fingerprint density at radius 1 is 1.27 bits per heavy atom. The molecule has 1 aliphatic rings. The largest absolute Gasteiger partial charge is 0.330 e. The van der Waals surface area contributed by atoms with Crippen LogP contribution in [0.2, 0.25) is 0 Å². The normalized spacial score (nSPS) is 19.2. The monoisotopic (exact) mass is 378 g/mol. The van der Waals surface area contributed by atoms with Gasteiger partial charge in [-0.15, -0.1) is 0 Å². The van der Waals surface area contributed by atoms with Crippen LogP contribution in [-0.2, 0) is 23.7 Å². The Kier molecular flexibility index (Phi) is 5.40. The van der Waals surface area contributed by atoms with Crippen LogP contribution in [0.15, 0.2) is 18.6 Å². The minimum atomic E-state index is -3.36. The van der Waals surface area contributed by atoms with Crippen molar-refractivity contribution in [3.8, 4) is 11.4 Å². The number of aromatic nitrogens is 4. The molecule has 0 aromatic carbocycles. The zero-order valence-corrected chi connectivity index (χ0v) is 16.6. The molecule has 1 atom stereocenters. The molecular weight excluding hydrogens is 352 g/mol. The second kappa shape index (κ2) is 7.42. The van der Waals surface area contributed by atoms with Crippen molar-refractivity contribution in [1.29, 1.82) is 0 Å². The predicted octanol–water partition coefficient (Wildman–Crippen LogP) is 1.25. The van der Waals surface area contributed by atoms with E-state index < -0.39 is 10.2 Å². The molecule has 0 spiro atoms. The lowest BCUT2D eigenvalue weighted by atomic mass is 9.95. The molecule has 0 N–H and O–H groups in total. The number of rotatable bonds is 5. The topological polar surface area (TPSA) is 84.2 Å². The first-order chi connectivity index (χ1) is 12.3. The van der Waals surface area contributed by atoms with Crippen LogP contribution in [0.1, 0.15) is 24.4 Å². The lowest BCUT2D eigenvalue weighted by Crippen LogP contribution is -2.45. The van der Waals surface area contributed by atoms with Crippen molar-refractivity contribution in [1.82, 2.24) is 28.1 Å². The highest BCUT2D eigenvalue weighted by Crippen LogP contribution is 2.24. The van der Waals surface area contributed by atoms with Crippen LogP contribution in [-0.4, -0.2) is 63.7 Å². The molecule has 1 unspecified atom stereocenters. The van der Waals surface area contributed by atoms with Gasteiger partial charge in [0.15, 0.2) is 0 Å². The zero-order valence-electron chi connectivity index (χ0n) is 15.8. The third kappa shape index (κ3) is 3.79. The van der Waals surface area contributed by atoms with E-state index in [0.717, 1.165) is 42.2 Å². The summed E-state index contributed by atoms with van der Waals surface area (Å²) in [6.45, 7) is 3.05. The summed E-state index contributed by atoms with van der Waals surface area (Å²) in [6, 6.07) is 0. The molecule has 2 aromatic rings. The van der Waals surface area contributed by atoms with E-state index in [-0.39, 0.29) is 5.92 Å². The average Bonchev–Trinajstić information content (AvgIpc) is 2.94. The van der Waals surface area contributed by atoms with Crippen LogP contribution in [0.4, 0.5) is 0 Å². The van der Waals surface area contributed by atoms with Crippen LogP contribution < -0.4 is 0 Å². The molecule has 2 aromatic heterocycles. The molecule has 1 saturated heterocycles. The summed E-state index contributed by atoms with van der Waals surface area (Å²) in [5.74, 6) is 1.17. The van der Waals surface area contributed by atoms with Gasteiger partial charge in [0, 0.05) is 40.4 Å². The summed E-state index contributed by atoms with van der Waals surface area (Å²) in [6.07, 6.45) is 7.89. The lowest BCUT2D eigenvalue weighted by Gasteiger charge is -2.33. The van der Waals surface area contributed by atoms with E-state index in [0.29, 0.717) is 13.1 Å². The van der Waals surface area contributed by atoms with Crippen molar-refractivity contribution in [3.63, 3.8) is 0 Å². The van der Waals surface area contributed by atoms with E-state index in [2.05, 4.69) is 9.97 Å². The zero-order chi connectivity index (χ0) is 18.9. The molecule has 1 fully saturated rings. The minimum Gasteiger partial charge on any atom is -0.330 e. The van der Waals surface area contributed by atoms with Crippen LogP contribution in [0.3, 0.4) is 0 Å².